The number of H-pyrrole nitrogens is 1. The van der Waals surface area contributed by atoms with E-state index in [1.807, 2.05) is 4.98 Å². The Morgan fingerprint density at radius 2 is 2.00 bits per heavy atom. The molecule has 1 heterocycles. The number of hydrogen-bond acceptors (Lipinski definition) is 5. The maximum Gasteiger partial charge on any atom is 0.370 e. The second kappa shape index (κ2) is 2.71. The lowest BCUT2D eigenvalue weighted by Crippen LogP contribution is -2.40. The van der Waals surface area contributed by atoms with E-state index in [0.717, 1.165) is 6.20 Å². The van der Waals surface area contributed by atoms with Crippen LogP contribution in [0.4, 0.5) is 5.69 Å². The zero-order chi connectivity index (χ0) is 10.2. The van der Waals surface area contributed by atoms with Crippen LogP contribution in [0.1, 0.15) is 0 Å². The third-order valence-electron chi connectivity index (χ3n) is 1.20. The Morgan fingerprint density at radius 1 is 1.46 bits per heavy atom. The predicted octanol–water partition coefficient (Wildman–Crippen LogP) is -2.23. The maximum absolute atomic E-state index is 10.9. The molecule has 0 atom stereocenters. The maximum atomic E-state index is 10.9. The number of anilines is 1. The van der Waals surface area contributed by atoms with Gasteiger partial charge in [-0.15, -0.1) is 3.97 Å². The lowest BCUT2D eigenvalue weighted by atomic mass is 10.6. The average molecular weight is 207 g/mol. The molecule has 0 aliphatic carbocycles. The second-order valence-corrected chi connectivity index (χ2v) is 3.36. The molecule has 0 amide bonds. The Balaban J connectivity index is 3.85. The minimum Gasteiger partial charge on any atom is -0.393 e. The van der Waals surface area contributed by atoms with E-state index in [1.165, 1.54) is 0 Å². The number of nitrogens with zero attached hydrogens (tertiary/aromatic N) is 1. The summed E-state index contributed by atoms with van der Waals surface area (Å²) in [6.07, 6.45) is 0.840. The van der Waals surface area contributed by atoms with E-state index >= 15 is 0 Å². The molecule has 0 bridgehead atoms. The summed E-state index contributed by atoms with van der Waals surface area (Å²) in [5, 5.41) is 0. The molecule has 13 heavy (non-hydrogen) atoms. The van der Waals surface area contributed by atoms with E-state index in [4.69, 9.17) is 10.3 Å². The first-order valence-electron chi connectivity index (χ1n) is 2.92. The zero-order valence-corrected chi connectivity index (χ0v) is 6.91. The summed E-state index contributed by atoms with van der Waals surface area (Å²) in [6.45, 7) is 0. The molecule has 1 aromatic heterocycles. The molecule has 0 saturated heterocycles. The van der Waals surface area contributed by atoms with Gasteiger partial charge in [-0.05, 0) is 0 Å². The SMILES string of the molecule is Nc1c[nH]c(=O)n(S(=O)(=O)O)c1=O. The van der Waals surface area contributed by atoms with Gasteiger partial charge in [0.1, 0.15) is 5.69 Å². The molecule has 0 aliphatic rings. The van der Waals surface area contributed by atoms with E-state index in [9.17, 15) is 18.0 Å². The van der Waals surface area contributed by atoms with Gasteiger partial charge in [0.15, 0.2) is 0 Å². The van der Waals surface area contributed by atoms with E-state index in [0.29, 0.717) is 0 Å². The van der Waals surface area contributed by atoms with Gasteiger partial charge < -0.3 is 10.7 Å². The Bertz CT molecular complexity index is 538. The summed E-state index contributed by atoms with van der Waals surface area (Å²) >= 11 is 0. The number of aromatic nitrogens is 2. The highest BCUT2D eigenvalue weighted by Crippen LogP contribution is 1.86. The molecule has 72 valence electrons. The van der Waals surface area contributed by atoms with Crippen molar-refractivity contribution in [3.05, 3.63) is 27.0 Å². The van der Waals surface area contributed by atoms with Crippen molar-refractivity contribution < 1.29 is 13.0 Å². The van der Waals surface area contributed by atoms with E-state index in [-0.39, 0.29) is 3.97 Å². The van der Waals surface area contributed by atoms with Gasteiger partial charge in [0.2, 0.25) is 0 Å². The summed E-state index contributed by atoms with van der Waals surface area (Å²) in [4.78, 5) is 23.5. The lowest BCUT2D eigenvalue weighted by Gasteiger charge is -1.98. The first kappa shape index (κ1) is 9.48. The minimum absolute atomic E-state index is 0.373. The fraction of sp³-hybridized carbons (Fsp3) is 0. The molecule has 0 aromatic carbocycles. The molecule has 9 heteroatoms. The van der Waals surface area contributed by atoms with Crippen molar-refractivity contribution in [3.8, 4) is 0 Å². The Labute approximate surface area is 71.5 Å². The molecule has 0 saturated carbocycles. The average Bonchev–Trinajstić information content (AvgIpc) is 1.95. The van der Waals surface area contributed by atoms with Gasteiger partial charge >= 0.3 is 16.0 Å². The second-order valence-electron chi connectivity index (χ2n) is 2.10. The molecule has 0 unspecified atom stereocenters. The van der Waals surface area contributed by atoms with Crippen LogP contribution < -0.4 is 17.0 Å². The standard InChI is InChI=1S/C4H5N3O5S/c5-2-1-6-4(9)7(3(2)8)13(10,11)12/h1H,5H2,(H,6,9)(H,10,11,12). The zero-order valence-electron chi connectivity index (χ0n) is 6.09. The van der Waals surface area contributed by atoms with Gasteiger partial charge in [0.05, 0.1) is 0 Å². The highest BCUT2D eigenvalue weighted by atomic mass is 32.2. The van der Waals surface area contributed by atoms with Crippen molar-refractivity contribution in [1.29, 1.82) is 0 Å². The Hall–Kier alpha value is -1.61. The van der Waals surface area contributed by atoms with Gasteiger partial charge in [-0.2, -0.15) is 8.42 Å². The number of nitrogens with two attached hydrogens (primary N) is 1. The molecule has 0 spiro atoms. The van der Waals surface area contributed by atoms with Gasteiger partial charge in [-0.25, -0.2) is 4.79 Å². The molecular formula is C4H5N3O5S. The fourth-order valence-electron chi connectivity index (χ4n) is 0.679. The van der Waals surface area contributed by atoms with Crippen LogP contribution in [-0.2, 0) is 10.3 Å². The Morgan fingerprint density at radius 3 is 2.38 bits per heavy atom. The number of nitrogen functional groups attached to an aromatic ring is 1. The van der Waals surface area contributed by atoms with Gasteiger partial charge in [-0.3, -0.25) is 9.35 Å². The van der Waals surface area contributed by atoms with Crippen molar-refractivity contribution >= 4 is 16.0 Å². The summed E-state index contributed by atoms with van der Waals surface area (Å²) in [7, 11) is -4.91. The monoisotopic (exact) mass is 207 g/mol. The van der Waals surface area contributed by atoms with Crippen molar-refractivity contribution in [2.45, 2.75) is 0 Å². The summed E-state index contributed by atoms with van der Waals surface area (Å²) in [6, 6.07) is 0. The Kier molecular flexibility index (Phi) is 1.97. The van der Waals surface area contributed by atoms with Crippen LogP contribution >= 0.6 is 0 Å². The predicted molar refractivity (Wildman–Crippen MR) is 42.7 cm³/mol. The van der Waals surface area contributed by atoms with Crippen LogP contribution in [0.5, 0.6) is 0 Å². The molecule has 0 fully saturated rings. The molecule has 0 radical (unpaired) electrons. The summed E-state index contributed by atoms with van der Waals surface area (Å²) in [5.41, 5.74) is 1.96. The third kappa shape index (κ3) is 1.60. The van der Waals surface area contributed by atoms with Gasteiger partial charge in [-0.1, -0.05) is 0 Å². The van der Waals surface area contributed by atoms with Crippen LogP contribution in [0.15, 0.2) is 15.8 Å². The van der Waals surface area contributed by atoms with E-state index < -0.39 is 27.2 Å². The highest BCUT2D eigenvalue weighted by molar-refractivity contribution is 7.84. The largest absolute Gasteiger partial charge is 0.393 e. The van der Waals surface area contributed by atoms with E-state index in [1.54, 1.807) is 0 Å². The molecule has 1 aromatic rings. The third-order valence-corrected chi connectivity index (χ3v) is 1.99. The van der Waals surface area contributed by atoms with Crippen LogP contribution in [0.2, 0.25) is 0 Å². The highest BCUT2D eigenvalue weighted by Gasteiger charge is 2.15. The minimum atomic E-state index is -4.91. The number of rotatable bonds is 1. The van der Waals surface area contributed by atoms with E-state index in [2.05, 4.69) is 0 Å². The molecule has 1 rings (SSSR count). The molecule has 8 nitrogen and oxygen atoms in total. The molecular weight excluding hydrogens is 202 g/mol. The number of aromatic amines is 1. The quantitative estimate of drug-likeness (QED) is 0.446. The number of hydrogen-bond donors (Lipinski definition) is 3. The van der Waals surface area contributed by atoms with Crippen LogP contribution in [0, 0.1) is 0 Å². The first-order chi connectivity index (χ1) is 5.84. The van der Waals surface area contributed by atoms with Crippen molar-refractivity contribution in [1.82, 2.24) is 8.96 Å². The topological polar surface area (TPSA) is 135 Å². The first-order valence-corrected chi connectivity index (χ1v) is 4.32. The normalized spacial score (nSPS) is 11.5. The van der Waals surface area contributed by atoms with Crippen LogP contribution in [-0.4, -0.2) is 21.9 Å². The summed E-state index contributed by atoms with van der Waals surface area (Å²) in [5.74, 6) is 0. The summed E-state index contributed by atoms with van der Waals surface area (Å²) < 4.78 is 29.0. The van der Waals surface area contributed by atoms with Crippen LogP contribution in [0.3, 0.4) is 0 Å². The van der Waals surface area contributed by atoms with Crippen molar-refractivity contribution in [2.75, 3.05) is 5.73 Å². The van der Waals surface area contributed by atoms with Gasteiger partial charge in [0, 0.05) is 6.20 Å². The molecule has 4 N–H and O–H groups in total. The van der Waals surface area contributed by atoms with Crippen LogP contribution in [0.25, 0.3) is 0 Å². The fourth-order valence-corrected chi connectivity index (χ4v) is 1.26. The lowest BCUT2D eigenvalue weighted by molar-refractivity contribution is 0.468. The van der Waals surface area contributed by atoms with Crippen molar-refractivity contribution in [3.63, 3.8) is 0 Å². The smallest absolute Gasteiger partial charge is 0.370 e. The number of nitrogens with one attached hydrogen (secondary N) is 1. The molecule has 0 aliphatic heterocycles. The van der Waals surface area contributed by atoms with Gasteiger partial charge in [0.25, 0.3) is 5.56 Å². The van der Waals surface area contributed by atoms with Crippen molar-refractivity contribution in [2.24, 2.45) is 0 Å².